The summed E-state index contributed by atoms with van der Waals surface area (Å²) in [7, 11) is 4.25. The number of rotatable bonds is 9. The van der Waals surface area contributed by atoms with Gasteiger partial charge < -0.3 is 9.80 Å². The zero-order valence-corrected chi connectivity index (χ0v) is 17.3. The molecular weight excluding hydrogens is 346 g/mol. The average molecular weight is 380 g/mol. The van der Waals surface area contributed by atoms with Crippen molar-refractivity contribution in [3.63, 3.8) is 0 Å². The summed E-state index contributed by atoms with van der Waals surface area (Å²) in [5, 5.41) is 0. The Balaban J connectivity index is 1.58. The third-order valence-corrected chi connectivity index (χ3v) is 5.51. The Morgan fingerprint density at radius 2 is 1.36 bits per heavy atom. The van der Waals surface area contributed by atoms with Crippen LogP contribution in [-0.2, 0) is 4.79 Å². The second kappa shape index (κ2) is 10.5. The summed E-state index contributed by atoms with van der Waals surface area (Å²) in [6.45, 7) is 6.88. The molecule has 2 aromatic carbocycles. The summed E-state index contributed by atoms with van der Waals surface area (Å²) in [6.07, 6.45) is 1.20. The van der Waals surface area contributed by atoms with Crippen LogP contribution >= 0.6 is 0 Å². The maximum atomic E-state index is 13.3. The first-order valence-electron chi connectivity index (χ1n) is 10.4. The van der Waals surface area contributed by atoms with Gasteiger partial charge in [0.2, 0.25) is 0 Å². The molecule has 150 valence electrons. The zero-order chi connectivity index (χ0) is 19.8. The number of hydrogen-bond donors (Lipinski definition) is 0. The number of carbonyl (C=O) groups excluding carboxylic acids is 1. The highest BCUT2D eigenvalue weighted by Gasteiger charge is 2.26. The molecule has 1 aliphatic heterocycles. The van der Waals surface area contributed by atoms with E-state index in [0.717, 1.165) is 50.4 Å². The van der Waals surface area contributed by atoms with Gasteiger partial charge in [0.05, 0.1) is 12.5 Å². The van der Waals surface area contributed by atoms with Gasteiger partial charge in [0, 0.05) is 26.2 Å². The summed E-state index contributed by atoms with van der Waals surface area (Å²) in [5.74, 6) is 0.110. The second-order valence-electron chi connectivity index (χ2n) is 8.00. The van der Waals surface area contributed by atoms with Gasteiger partial charge in [0.1, 0.15) is 0 Å². The molecule has 0 aliphatic carbocycles. The lowest BCUT2D eigenvalue weighted by Gasteiger charge is -2.35. The first-order chi connectivity index (χ1) is 13.6. The summed E-state index contributed by atoms with van der Waals surface area (Å²) in [4.78, 5) is 20.4. The molecule has 4 nitrogen and oxygen atoms in total. The number of Topliss-reactive ketones (excluding diaryl/α,β-unsaturated/α-hetero) is 1. The molecule has 0 unspecified atom stereocenters. The molecule has 0 atom stereocenters. The van der Waals surface area contributed by atoms with E-state index in [1.807, 2.05) is 36.4 Å². The van der Waals surface area contributed by atoms with Gasteiger partial charge in [-0.15, -0.1) is 0 Å². The van der Waals surface area contributed by atoms with E-state index < -0.39 is 0 Å². The van der Waals surface area contributed by atoms with Crippen LogP contribution in [0.25, 0.3) is 0 Å². The SMILES string of the molecule is CN(C)CCCN1CCN(CC(=O)C(c2ccccc2)c2ccccc2)CC1. The summed E-state index contributed by atoms with van der Waals surface area (Å²) >= 11 is 0. The van der Waals surface area contributed by atoms with Crippen LogP contribution in [0.15, 0.2) is 60.7 Å². The van der Waals surface area contributed by atoms with E-state index in [9.17, 15) is 4.79 Å². The lowest BCUT2D eigenvalue weighted by Crippen LogP contribution is -2.48. The van der Waals surface area contributed by atoms with Crippen LogP contribution < -0.4 is 0 Å². The van der Waals surface area contributed by atoms with E-state index in [1.54, 1.807) is 0 Å². The molecule has 0 saturated carbocycles. The van der Waals surface area contributed by atoms with Gasteiger partial charge >= 0.3 is 0 Å². The van der Waals surface area contributed by atoms with Crippen molar-refractivity contribution < 1.29 is 4.79 Å². The monoisotopic (exact) mass is 379 g/mol. The maximum Gasteiger partial charge on any atom is 0.158 e. The van der Waals surface area contributed by atoms with Crippen molar-refractivity contribution in [3.8, 4) is 0 Å². The van der Waals surface area contributed by atoms with Crippen LogP contribution in [0.5, 0.6) is 0 Å². The molecule has 0 N–H and O–H groups in total. The Kier molecular flexibility index (Phi) is 7.78. The largest absolute Gasteiger partial charge is 0.309 e. The van der Waals surface area contributed by atoms with Crippen LogP contribution in [0.3, 0.4) is 0 Å². The summed E-state index contributed by atoms with van der Waals surface area (Å²) < 4.78 is 0. The predicted molar refractivity (Wildman–Crippen MR) is 116 cm³/mol. The molecule has 2 aromatic rings. The molecule has 0 spiro atoms. The van der Waals surface area contributed by atoms with Gasteiger partial charge in [-0.3, -0.25) is 9.69 Å². The van der Waals surface area contributed by atoms with Crippen molar-refractivity contribution in [2.24, 2.45) is 0 Å². The van der Waals surface area contributed by atoms with E-state index in [-0.39, 0.29) is 5.92 Å². The van der Waals surface area contributed by atoms with Crippen molar-refractivity contribution in [1.82, 2.24) is 14.7 Å². The summed E-state index contributed by atoms with van der Waals surface area (Å²) in [5.41, 5.74) is 2.17. The van der Waals surface area contributed by atoms with Gasteiger partial charge in [-0.1, -0.05) is 60.7 Å². The highest BCUT2D eigenvalue weighted by molar-refractivity contribution is 5.90. The Labute approximate surface area is 169 Å². The van der Waals surface area contributed by atoms with Crippen LogP contribution in [0.1, 0.15) is 23.5 Å². The fourth-order valence-electron chi connectivity index (χ4n) is 3.95. The zero-order valence-electron chi connectivity index (χ0n) is 17.3. The molecule has 1 saturated heterocycles. The van der Waals surface area contributed by atoms with E-state index in [0.29, 0.717) is 12.3 Å². The van der Waals surface area contributed by atoms with Crippen molar-refractivity contribution in [2.75, 3.05) is 59.9 Å². The van der Waals surface area contributed by atoms with E-state index in [2.05, 4.69) is 53.1 Å². The minimum atomic E-state index is -0.180. The molecule has 3 rings (SSSR count). The molecule has 0 amide bonds. The first kappa shape index (κ1) is 20.7. The normalized spacial score (nSPS) is 16.0. The fraction of sp³-hybridized carbons (Fsp3) is 0.458. The first-order valence-corrected chi connectivity index (χ1v) is 10.4. The molecule has 4 heteroatoms. The number of ketones is 1. The Bertz CT molecular complexity index is 670. The number of benzene rings is 2. The van der Waals surface area contributed by atoms with Crippen molar-refractivity contribution >= 4 is 5.78 Å². The number of piperazine rings is 1. The van der Waals surface area contributed by atoms with E-state index >= 15 is 0 Å². The minimum absolute atomic E-state index is 0.180. The highest BCUT2D eigenvalue weighted by Crippen LogP contribution is 2.26. The lowest BCUT2D eigenvalue weighted by atomic mass is 9.87. The van der Waals surface area contributed by atoms with Crippen LogP contribution in [0.2, 0.25) is 0 Å². The molecule has 0 aromatic heterocycles. The molecule has 0 radical (unpaired) electrons. The van der Waals surface area contributed by atoms with Crippen LogP contribution in [-0.4, -0.2) is 80.4 Å². The summed E-state index contributed by atoms with van der Waals surface area (Å²) in [6, 6.07) is 20.4. The smallest absolute Gasteiger partial charge is 0.158 e. The molecule has 0 bridgehead atoms. The van der Waals surface area contributed by atoms with Gasteiger partial charge in [-0.05, 0) is 44.7 Å². The standard InChI is InChI=1S/C24H33N3O/c1-25(2)14-9-15-26-16-18-27(19-17-26)20-23(28)24(21-10-5-3-6-11-21)22-12-7-4-8-13-22/h3-8,10-13,24H,9,14-20H2,1-2H3. The highest BCUT2D eigenvalue weighted by atomic mass is 16.1. The minimum Gasteiger partial charge on any atom is -0.309 e. The number of nitrogens with zero attached hydrogens (tertiary/aromatic N) is 3. The quantitative estimate of drug-likeness (QED) is 0.669. The van der Waals surface area contributed by atoms with Crippen molar-refractivity contribution in [1.29, 1.82) is 0 Å². The third-order valence-electron chi connectivity index (χ3n) is 5.51. The van der Waals surface area contributed by atoms with Gasteiger partial charge in [-0.25, -0.2) is 0 Å². The van der Waals surface area contributed by atoms with Gasteiger partial charge in [0.15, 0.2) is 5.78 Å². The Morgan fingerprint density at radius 3 is 1.86 bits per heavy atom. The lowest BCUT2D eigenvalue weighted by molar-refractivity contribution is -0.121. The predicted octanol–water partition coefficient (Wildman–Crippen LogP) is 2.96. The maximum absolute atomic E-state index is 13.3. The molecule has 1 fully saturated rings. The van der Waals surface area contributed by atoms with Crippen molar-refractivity contribution in [3.05, 3.63) is 71.8 Å². The third kappa shape index (κ3) is 5.99. The molecular formula is C24H33N3O. The molecule has 1 heterocycles. The topological polar surface area (TPSA) is 26.8 Å². The average Bonchev–Trinajstić information content (AvgIpc) is 2.71. The van der Waals surface area contributed by atoms with E-state index in [4.69, 9.17) is 0 Å². The Hall–Kier alpha value is -2.01. The second-order valence-corrected chi connectivity index (χ2v) is 8.00. The molecule has 1 aliphatic rings. The van der Waals surface area contributed by atoms with Gasteiger partial charge in [-0.2, -0.15) is 0 Å². The number of hydrogen-bond acceptors (Lipinski definition) is 4. The van der Waals surface area contributed by atoms with E-state index in [1.165, 1.54) is 6.42 Å². The van der Waals surface area contributed by atoms with Crippen LogP contribution in [0, 0.1) is 0 Å². The molecule has 28 heavy (non-hydrogen) atoms. The fourth-order valence-corrected chi connectivity index (χ4v) is 3.95. The Morgan fingerprint density at radius 1 is 0.857 bits per heavy atom. The van der Waals surface area contributed by atoms with Crippen molar-refractivity contribution in [2.45, 2.75) is 12.3 Å². The number of carbonyl (C=O) groups is 1. The van der Waals surface area contributed by atoms with Gasteiger partial charge in [0.25, 0.3) is 0 Å². The van der Waals surface area contributed by atoms with Crippen LogP contribution in [0.4, 0.5) is 0 Å².